The number of nitrogens with one attached hydrogen (secondary N) is 2. The number of guanidine groups is 1. The highest BCUT2D eigenvalue weighted by atomic mass is 35.5. The number of methoxy groups -OCH3 is 1. The first-order chi connectivity index (χ1) is 17.6. The van der Waals surface area contributed by atoms with Crippen molar-refractivity contribution in [3.05, 3.63) is 69.6 Å². The Labute approximate surface area is 222 Å². The standard InChI is InChI=1S/C25H27ClF3N5O2S/c1-5-7-18(8-6-13-26)21-20-15(2)16(3)37-22(20)30-24(32-31-23(35)25(27,28)29)34(33-21)14-17-9-11-19(36-4)12-10-17/h5,7-12H,6,13-14H2,1-4H3,(H,30,32)(H,31,35)/b7-5-,18-8+. The van der Waals surface area contributed by atoms with Gasteiger partial charge in [0.25, 0.3) is 0 Å². The van der Waals surface area contributed by atoms with Gasteiger partial charge in [-0.15, -0.1) is 22.9 Å². The number of carbonyl (C=O) groups excluding carboxylic acids is 1. The van der Waals surface area contributed by atoms with Crippen molar-refractivity contribution in [2.24, 2.45) is 10.1 Å². The highest BCUT2D eigenvalue weighted by molar-refractivity contribution is 7.16. The van der Waals surface area contributed by atoms with Gasteiger partial charge in [0.05, 0.1) is 13.7 Å². The molecule has 0 atom stereocenters. The van der Waals surface area contributed by atoms with E-state index in [4.69, 9.17) is 21.4 Å². The first kappa shape index (κ1) is 28.3. The first-order valence-electron chi connectivity index (χ1n) is 11.3. The van der Waals surface area contributed by atoms with Gasteiger partial charge in [-0.3, -0.25) is 15.6 Å². The number of nitrogens with zero attached hydrogens (tertiary/aromatic N) is 3. The number of halogens is 4. The maximum absolute atomic E-state index is 12.9. The predicted octanol–water partition coefficient (Wildman–Crippen LogP) is 5.90. The van der Waals surface area contributed by atoms with Crippen molar-refractivity contribution in [2.75, 3.05) is 13.0 Å². The SMILES string of the molecule is C/C=C\C(=C/CCCl)C1=NN(Cc2ccc(OC)cc2)C(NNC(=O)C(F)(F)F)=Nc2sc(C)c(C)c21. The molecule has 0 fully saturated rings. The summed E-state index contributed by atoms with van der Waals surface area (Å²) in [5, 5.41) is 6.84. The average molecular weight is 554 g/mol. The third kappa shape index (κ3) is 6.92. The summed E-state index contributed by atoms with van der Waals surface area (Å²) in [5.41, 5.74) is 7.92. The molecular formula is C25H27ClF3N5O2S. The van der Waals surface area contributed by atoms with Gasteiger partial charge in [-0.2, -0.15) is 18.3 Å². The maximum Gasteiger partial charge on any atom is 0.472 e. The molecule has 0 saturated heterocycles. The smallest absolute Gasteiger partial charge is 0.472 e. The predicted molar refractivity (Wildman–Crippen MR) is 142 cm³/mol. The molecular weight excluding hydrogens is 527 g/mol. The van der Waals surface area contributed by atoms with E-state index in [-0.39, 0.29) is 12.5 Å². The summed E-state index contributed by atoms with van der Waals surface area (Å²) in [6, 6.07) is 7.16. The van der Waals surface area contributed by atoms with Crippen LogP contribution in [-0.4, -0.2) is 41.8 Å². The summed E-state index contributed by atoms with van der Waals surface area (Å²) in [7, 11) is 1.55. The van der Waals surface area contributed by atoms with Crippen LogP contribution in [0, 0.1) is 13.8 Å². The second-order valence-corrected chi connectivity index (χ2v) is 9.55. The number of rotatable bonds is 7. The number of thiophene rings is 1. The number of aliphatic imine (C=N–C) groups is 1. The number of benzene rings is 1. The molecule has 0 bridgehead atoms. The van der Waals surface area contributed by atoms with Gasteiger partial charge in [0, 0.05) is 16.3 Å². The Hall–Kier alpha value is -3.31. The van der Waals surface area contributed by atoms with Gasteiger partial charge in [-0.05, 0) is 56.0 Å². The molecule has 0 aliphatic carbocycles. The number of aryl methyl sites for hydroxylation is 1. The fourth-order valence-corrected chi connectivity index (χ4v) is 4.60. The van der Waals surface area contributed by atoms with Crippen molar-refractivity contribution >= 4 is 45.5 Å². The molecule has 0 unspecified atom stereocenters. The van der Waals surface area contributed by atoms with E-state index in [1.807, 2.05) is 51.1 Å². The molecule has 2 aromatic rings. The van der Waals surface area contributed by atoms with E-state index in [1.165, 1.54) is 16.3 Å². The Morgan fingerprint density at radius 1 is 1.24 bits per heavy atom. The molecule has 1 aromatic carbocycles. The van der Waals surface area contributed by atoms with Crippen molar-refractivity contribution in [3.8, 4) is 5.75 Å². The zero-order valence-electron chi connectivity index (χ0n) is 20.7. The Morgan fingerprint density at radius 3 is 2.54 bits per heavy atom. The van der Waals surface area contributed by atoms with Crippen LogP contribution in [0.2, 0.25) is 0 Å². The van der Waals surface area contributed by atoms with Crippen LogP contribution in [0.15, 0.2) is 58.2 Å². The van der Waals surface area contributed by atoms with Gasteiger partial charge >= 0.3 is 12.1 Å². The van der Waals surface area contributed by atoms with Gasteiger partial charge < -0.3 is 4.74 Å². The molecule has 2 heterocycles. The zero-order valence-corrected chi connectivity index (χ0v) is 22.3. The van der Waals surface area contributed by atoms with Crippen LogP contribution in [0.1, 0.15) is 34.9 Å². The third-order valence-electron chi connectivity index (χ3n) is 5.41. The average Bonchev–Trinajstić information content (AvgIpc) is 3.04. The highest BCUT2D eigenvalue weighted by Gasteiger charge is 2.39. The van der Waals surface area contributed by atoms with Crippen LogP contribution >= 0.6 is 22.9 Å². The van der Waals surface area contributed by atoms with E-state index < -0.39 is 12.1 Å². The molecule has 7 nitrogen and oxygen atoms in total. The van der Waals surface area contributed by atoms with Crippen molar-refractivity contribution in [1.82, 2.24) is 15.9 Å². The van der Waals surface area contributed by atoms with Gasteiger partial charge in [0.15, 0.2) is 0 Å². The van der Waals surface area contributed by atoms with E-state index in [0.29, 0.717) is 28.8 Å². The Balaban J connectivity index is 2.16. The van der Waals surface area contributed by atoms with Gasteiger partial charge in [-0.25, -0.2) is 10.0 Å². The molecule has 1 aliphatic heterocycles. The second-order valence-electron chi connectivity index (χ2n) is 7.97. The molecule has 1 aliphatic rings. The molecule has 198 valence electrons. The molecule has 0 saturated carbocycles. The van der Waals surface area contributed by atoms with Crippen molar-refractivity contribution in [2.45, 2.75) is 39.9 Å². The minimum absolute atomic E-state index is 0.0666. The topological polar surface area (TPSA) is 78.3 Å². The lowest BCUT2D eigenvalue weighted by molar-refractivity contribution is -0.174. The fourth-order valence-electron chi connectivity index (χ4n) is 3.46. The molecule has 2 N–H and O–H groups in total. The van der Waals surface area contributed by atoms with Crippen molar-refractivity contribution in [3.63, 3.8) is 0 Å². The van der Waals surface area contributed by atoms with Crippen molar-refractivity contribution in [1.29, 1.82) is 0 Å². The molecule has 37 heavy (non-hydrogen) atoms. The van der Waals surface area contributed by atoms with E-state index >= 15 is 0 Å². The summed E-state index contributed by atoms with van der Waals surface area (Å²) in [5.74, 6) is -1.15. The van der Waals surface area contributed by atoms with Crippen LogP contribution < -0.4 is 15.6 Å². The first-order valence-corrected chi connectivity index (χ1v) is 12.6. The largest absolute Gasteiger partial charge is 0.497 e. The summed E-state index contributed by atoms with van der Waals surface area (Å²) < 4.78 is 43.9. The summed E-state index contributed by atoms with van der Waals surface area (Å²) in [4.78, 5) is 17.2. The van der Waals surface area contributed by atoms with Crippen LogP contribution in [0.25, 0.3) is 0 Å². The lowest BCUT2D eigenvalue weighted by Crippen LogP contribution is -2.51. The van der Waals surface area contributed by atoms with E-state index in [1.54, 1.807) is 24.7 Å². The number of amides is 1. The maximum atomic E-state index is 12.9. The second kappa shape index (κ2) is 12.3. The Bertz CT molecular complexity index is 1250. The Kier molecular flexibility index (Phi) is 9.39. The number of alkyl halides is 4. The number of ether oxygens (including phenoxy) is 1. The number of fused-ring (bicyclic) bond motifs is 1. The molecule has 0 spiro atoms. The molecule has 0 radical (unpaired) electrons. The lowest BCUT2D eigenvalue weighted by Gasteiger charge is -2.22. The van der Waals surface area contributed by atoms with Crippen molar-refractivity contribution < 1.29 is 22.7 Å². The van der Waals surface area contributed by atoms with Crippen LogP contribution in [0.3, 0.4) is 0 Å². The monoisotopic (exact) mass is 553 g/mol. The normalized spacial score (nSPS) is 14.2. The van der Waals surface area contributed by atoms with Crippen LogP contribution in [0.4, 0.5) is 18.2 Å². The number of hydrazine groups is 1. The summed E-state index contributed by atoms with van der Waals surface area (Å²) in [6.45, 7) is 5.91. The van der Waals surface area contributed by atoms with E-state index in [0.717, 1.165) is 27.1 Å². The number of allylic oxidation sites excluding steroid dienone is 4. The number of hydrogen-bond acceptors (Lipinski definition) is 7. The number of carbonyl (C=O) groups is 1. The van der Waals surface area contributed by atoms with E-state index in [9.17, 15) is 18.0 Å². The molecule has 1 amide bonds. The van der Waals surface area contributed by atoms with E-state index in [2.05, 4.69) is 10.4 Å². The van der Waals surface area contributed by atoms with Crippen LogP contribution in [0.5, 0.6) is 5.75 Å². The summed E-state index contributed by atoms with van der Waals surface area (Å²) >= 11 is 7.34. The quantitative estimate of drug-likeness (QED) is 0.254. The number of hydrazone groups is 1. The zero-order chi connectivity index (χ0) is 27.2. The lowest BCUT2D eigenvalue weighted by atomic mass is 9.99. The number of hydrogen-bond donors (Lipinski definition) is 2. The fraction of sp³-hybridized carbons (Fsp3) is 0.320. The minimum atomic E-state index is -5.07. The minimum Gasteiger partial charge on any atom is -0.497 e. The van der Waals surface area contributed by atoms with Gasteiger partial charge in [0.1, 0.15) is 16.5 Å². The molecule has 12 heteroatoms. The van der Waals surface area contributed by atoms with Gasteiger partial charge in [-0.1, -0.05) is 30.4 Å². The molecule has 3 rings (SSSR count). The highest BCUT2D eigenvalue weighted by Crippen LogP contribution is 2.38. The summed E-state index contributed by atoms with van der Waals surface area (Å²) in [6.07, 6.45) is 1.25. The Morgan fingerprint density at radius 2 is 1.95 bits per heavy atom. The van der Waals surface area contributed by atoms with Gasteiger partial charge in [0.2, 0.25) is 5.96 Å². The third-order valence-corrected chi connectivity index (χ3v) is 6.73. The molecule has 1 aromatic heterocycles. The van der Waals surface area contributed by atoms with Crippen LogP contribution in [-0.2, 0) is 11.3 Å².